The van der Waals surface area contributed by atoms with E-state index in [1.54, 1.807) is 6.92 Å². The smallest absolute Gasteiger partial charge is 0.240 e. The molecular weight excluding hydrogens is 212 g/mol. The molecule has 1 rings (SSSR count). The van der Waals surface area contributed by atoms with Crippen LogP contribution in [0.3, 0.4) is 0 Å². The first-order chi connectivity index (χ1) is 5.82. The lowest BCUT2D eigenvalue weighted by Gasteiger charge is -2.06. The summed E-state index contributed by atoms with van der Waals surface area (Å²) in [5.74, 6) is 0. The van der Waals surface area contributed by atoms with E-state index in [2.05, 4.69) is 0 Å². The Morgan fingerprint density at radius 3 is 2.31 bits per heavy atom. The minimum Gasteiger partial charge on any atom is -0.398 e. The molecule has 4 N–H and O–H groups in total. The van der Waals surface area contributed by atoms with Crippen molar-refractivity contribution in [1.82, 2.24) is 0 Å². The Labute approximate surface area is 81.5 Å². The molecule has 0 aliphatic carbocycles. The van der Waals surface area contributed by atoms with E-state index in [1.165, 1.54) is 12.1 Å². The molecule has 0 radical (unpaired) electrons. The van der Waals surface area contributed by atoms with Crippen molar-refractivity contribution >= 4 is 27.3 Å². The first-order valence-electron chi connectivity index (χ1n) is 3.41. The third-order valence-electron chi connectivity index (χ3n) is 1.55. The van der Waals surface area contributed by atoms with E-state index in [0.29, 0.717) is 10.6 Å². The van der Waals surface area contributed by atoms with Crippen molar-refractivity contribution in [3.8, 4) is 0 Å². The van der Waals surface area contributed by atoms with Crippen molar-refractivity contribution in [3.63, 3.8) is 0 Å². The molecule has 0 atom stereocenters. The number of sulfonamides is 1. The third kappa shape index (κ3) is 2.12. The zero-order chi connectivity index (χ0) is 10.2. The molecule has 0 fully saturated rings. The zero-order valence-corrected chi connectivity index (χ0v) is 8.48. The van der Waals surface area contributed by atoms with E-state index in [4.69, 9.17) is 22.5 Å². The third-order valence-corrected chi connectivity index (χ3v) is 2.90. The number of anilines is 1. The van der Waals surface area contributed by atoms with Gasteiger partial charge in [-0.15, -0.1) is 0 Å². The average Bonchev–Trinajstić information content (AvgIpc) is 1.78. The largest absolute Gasteiger partial charge is 0.398 e. The summed E-state index contributed by atoms with van der Waals surface area (Å²) in [6.07, 6.45) is 0. The molecule has 0 unspecified atom stereocenters. The Morgan fingerprint density at radius 1 is 1.38 bits per heavy atom. The average molecular weight is 221 g/mol. The maximum absolute atomic E-state index is 11.0. The maximum atomic E-state index is 11.0. The van der Waals surface area contributed by atoms with Crippen molar-refractivity contribution in [2.24, 2.45) is 5.14 Å². The molecule has 1 aromatic carbocycles. The molecular formula is C7H9ClN2O2S. The van der Waals surface area contributed by atoms with Crippen LogP contribution in [0.5, 0.6) is 0 Å². The van der Waals surface area contributed by atoms with Crippen molar-refractivity contribution in [2.45, 2.75) is 11.8 Å². The summed E-state index contributed by atoms with van der Waals surface area (Å²) in [7, 11) is -3.76. The van der Waals surface area contributed by atoms with E-state index in [1.807, 2.05) is 0 Å². The highest BCUT2D eigenvalue weighted by molar-refractivity contribution is 7.89. The topological polar surface area (TPSA) is 86.2 Å². The van der Waals surface area contributed by atoms with Crippen molar-refractivity contribution in [3.05, 3.63) is 22.7 Å². The Bertz CT molecular complexity index is 419. The van der Waals surface area contributed by atoms with Crippen LogP contribution in [0.25, 0.3) is 0 Å². The van der Waals surface area contributed by atoms with Gasteiger partial charge in [0.25, 0.3) is 0 Å². The molecule has 0 aliphatic heterocycles. The summed E-state index contributed by atoms with van der Waals surface area (Å²) in [6, 6.07) is 2.85. The van der Waals surface area contributed by atoms with Gasteiger partial charge in [-0.2, -0.15) is 0 Å². The van der Waals surface area contributed by atoms with Gasteiger partial charge in [0.1, 0.15) is 4.90 Å². The maximum Gasteiger partial charge on any atom is 0.240 e. The van der Waals surface area contributed by atoms with Gasteiger partial charge in [0, 0.05) is 5.02 Å². The summed E-state index contributed by atoms with van der Waals surface area (Å²) in [4.78, 5) is -0.0584. The van der Waals surface area contributed by atoms with Crippen LogP contribution < -0.4 is 10.9 Å². The summed E-state index contributed by atoms with van der Waals surface area (Å²) >= 11 is 5.66. The predicted molar refractivity (Wildman–Crippen MR) is 52.0 cm³/mol. The fourth-order valence-electron chi connectivity index (χ4n) is 1.14. The second-order valence-corrected chi connectivity index (χ2v) is 4.62. The number of halogens is 1. The second-order valence-electron chi connectivity index (χ2n) is 2.69. The quantitative estimate of drug-likeness (QED) is 0.689. The Balaban J connectivity index is 3.57. The Hall–Kier alpha value is -0.780. The number of primary sulfonamides is 1. The van der Waals surface area contributed by atoms with Gasteiger partial charge in [0.15, 0.2) is 0 Å². The van der Waals surface area contributed by atoms with Crippen LogP contribution in [-0.2, 0) is 10.0 Å². The molecule has 6 heteroatoms. The summed E-state index contributed by atoms with van der Waals surface area (Å²) in [5.41, 5.74) is 5.99. The lowest BCUT2D eigenvalue weighted by atomic mass is 10.2. The number of hydrogen-bond donors (Lipinski definition) is 2. The molecule has 0 saturated heterocycles. The zero-order valence-electron chi connectivity index (χ0n) is 6.91. The molecule has 4 nitrogen and oxygen atoms in total. The number of nitrogens with two attached hydrogens (primary N) is 2. The minimum atomic E-state index is -3.76. The number of hydrogen-bond acceptors (Lipinski definition) is 3. The lowest BCUT2D eigenvalue weighted by Crippen LogP contribution is -2.15. The fraction of sp³-hybridized carbons (Fsp3) is 0.143. The van der Waals surface area contributed by atoms with Gasteiger partial charge >= 0.3 is 0 Å². The number of rotatable bonds is 1. The van der Waals surface area contributed by atoms with Crippen LogP contribution in [0.4, 0.5) is 5.69 Å². The van der Waals surface area contributed by atoms with Crippen LogP contribution in [0.2, 0.25) is 5.02 Å². The highest BCUT2D eigenvalue weighted by Gasteiger charge is 2.15. The van der Waals surface area contributed by atoms with Gasteiger partial charge in [-0.3, -0.25) is 0 Å². The molecule has 0 spiro atoms. The van der Waals surface area contributed by atoms with Crippen molar-refractivity contribution in [1.29, 1.82) is 0 Å². The van der Waals surface area contributed by atoms with Crippen LogP contribution in [0.15, 0.2) is 17.0 Å². The Morgan fingerprint density at radius 2 is 1.92 bits per heavy atom. The minimum absolute atomic E-state index is 0.0584. The van der Waals surface area contributed by atoms with Crippen molar-refractivity contribution in [2.75, 3.05) is 5.73 Å². The Kier molecular flexibility index (Phi) is 2.51. The predicted octanol–water partition coefficient (Wildman–Crippen LogP) is 0.878. The van der Waals surface area contributed by atoms with Crippen LogP contribution in [-0.4, -0.2) is 8.42 Å². The monoisotopic (exact) mass is 220 g/mol. The van der Waals surface area contributed by atoms with E-state index >= 15 is 0 Å². The molecule has 0 aliphatic rings. The molecule has 0 saturated carbocycles. The van der Waals surface area contributed by atoms with Gasteiger partial charge in [0.2, 0.25) is 10.0 Å². The summed E-state index contributed by atoms with van der Waals surface area (Å²) < 4.78 is 22.1. The fourth-order valence-corrected chi connectivity index (χ4v) is 2.32. The normalized spacial score (nSPS) is 11.6. The summed E-state index contributed by atoms with van der Waals surface area (Å²) in [5, 5.41) is 5.35. The molecule has 1 aromatic rings. The second kappa shape index (κ2) is 3.17. The van der Waals surface area contributed by atoms with E-state index in [-0.39, 0.29) is 10.6 Å². The van der Waals surface area contributed by atoms with Gasteiger partial charge in [-0.1, -0.05) is 11.6 Å². The standard InChI is InChI=1S/C7H9ClN2O2S/c1-4-2-5(8)3-6(9)7(4)13(10,11)12/h2-3H,9H2,1H3,(H2,10,11,12). The van der Waals surface area contributed by atoms with Crippen LogP contribution >= 0.6 is 11.6 Å². The van der Waals surface area contributed by atoms with Crippen molar-refractivity contribution < 1.29 is 8.42 Å². The van der Waals surface area contributed by atoms with Gasteiger partial charge in [0.05, 0.1) is 5.69 Å². The van der Waals surface area contributed by atoms with Gasteiger partial charge < -0.3 is 5.73 Å². The highest BCUT2D eigenvalue weighted by atomic mass is 35.5. The molecule has 72 valence electrons. The van der Waals surface area contributed by atoms with Crippen LogP contribution in [0.1, 0.15) is 5.56 Å². The molecule has 13 heavy (non-hydrogen) atoms. The first kappa shape index (κ1) is 10.3. The van der Waals surface area contributed by atoms with Gasteiger partial charge in [-0.25, -0.2) is 13.6 Å². The SMILES string of the molecule is Cc1cc(Cl)cc(N)c1S(N)(=O)=O. The van der Waals surface area contributed by atoms with Crippen LogP contribution in [0, 0.1) is 6.92 Å². The molecule has 0 heterocycles. The lowest BCUT2D eigenvalue weighted by molar-refractivity contribution is 0.597. The number of aryl methyl sites for hydroxylation is 1. The van der Waals surface area contributed by atoms with E-state index in [9.17, 15) is 8.42 Å². The number of nitrogen functional groups attached to an aromatic ring is 1. The molecule has 0 amide bonds. The number of benzene rings is 1. The highest BCUT2D eigenvalue weighted by Crippen LogP contribution is 2.25. The first-order valence-corrected chi connectivity index (χ1v) is 5.33. The molecule has 0 aromatic heterocycles. The molecule has 0 bridgehead atoms. The van der Waals surface area contributed by atoms with E-state index in [0.717, 1.165) is 0 Å². The summed E-state index contributed by atoms with van der Waals surface area (Å²) in [6.45, 7) is 1.59. The van der Waals surface area contributed by atoms with Gasteiger partial charge in [-0.05, 0) is 24.6 Å². The van der Waals surface area contributed by atoms with E-state index < -0.39 is 10.0 Å².